The van der Waals surface area contributed by atoms with E-state index < -0.39 is 0 Å². The topological polar surface area (TPSA) is 84.3 Å². The van der Waals surface area contributed by atoms with Crippen LogP contribution in [0, 0.1) is 0 Å². The van der Waals surface area contributed by atoms with Gasteiger partial charge in [-0.15, -0.1) is 5.10 Å². The van der Waals surface area contributed by atoms with Gasteiger partial charge in [-0.25, -0.2) is 0 Å². The van der Waals surface area contributed by atoms with Crippen molar-refractivity contribution in [2.24, 2.45) is 7.05 Å². The van der Waals surface area contributed by atoms with E-state index in [-0.39, 0.29) is 6.04 Å². The van der Waals surface area contributed by atoms with Gasteiger partial charge in [-0.3, -0.25) is 4.68 Å². The average Bonchev–Trinajstić information content (AvgIpc) is 2.85. The lowest BCUT2D eigenvalue weighted by atomic mass is 10.1. The van der Waals surface area contributed by atoms with Crippen molar-refractivity contribution in [1.82, 2.24) is 35.7 Å². The van der Waals surface area contributed by atoms with Gasteiger partial charge in [-0.2, -0.15) is 15.4 Å². The minimum absolute atomic E-state index is 0.0197. The summed E-state index contributed by atoms with van der Waals surface area (Å²) in [6, 6.07) is -0.0197. The monoisotopic (exact) mass is 207 g/mol. The predicted octanol–water partition coefficient (Wildman–Crippen LogP) is -0.368. The summed E-state index contributed by atoms with van der Waals surface area (Å²) in [7, 11) is 1.85. The van der Waals surface area contributed by atoms with Crippen molar-refractivity contribution in [3.63, 3.8) is 0 Å². The molecule has 0 saturated carbocycles. The molecule has 0 saturated heterocycles. The van der Waals surface area contributed by atoms with Crippen LogP contribution in [0.1, 0.15) is 24.4 Å². The highest BCUT2D eigenvalue weighted by Crippen LogP contribution is 2.17. The number of H-pyrrole nitrogens is 1. The number of nitrogens with zero attached hydrogens (tertiary/aromatic N) is 5. The van der Waals surface area contributed by atoms with Gasteiger partial charge in [-0.1, -0.05) is 12.1 Å². The van der Waals surface area contributed by atoms with E-state index in [4.69, 9.17) is 0 Å². The predicted molar refractivity (Wildman–Crippen MR) is 52.9 cm³/mol. The summed E-state index contributed by atoms with van der Waals surface area (Å²) in [5.74, 6) is 0. The molecular formula is C8H13N7. The van der Waals surface area contributed by atoms with Crippen LogP contribution in [-0.2, 0) is 7.05 Å². The highest BCUT2D eigenvalue weighted by Gasteiger charge is 2.19. The molecular weight excluding hydrogens is 194 g/mol. The molecule has 2 heterocycles. The van der Waals surface area contributed by atoms with Crippen molar-refractivity contribution in [3.05, 3.63) is 23.8 Å². The minimum atomic E-state index is -0.0197. The van der Waals surface area contributed by atoms with Gasteiger partial charge in [0, 0.05) is 7.05 Å². The Morgan fingerprint density at radius 2 is 2.40 bits per heavy atom. The summed E-state index contributed by atoms with van der Waals surface area (Å²) in [5, 5.41) is 21.5. The second-order valence-corrected chi connectivity index (χ2v) is 3.17. The smallest absolute Gasteiger partial charge is 0.106 e. The van der Waals surface area contributed by atoms with Gasteiger partial charge in [0.15, 0.2) is 0 Å². The van der Waals surface area contributed by atoms with E-state index in [9.17, 15) is 0 Å². The summed E-state index contributed by atoms with van der Waals surface area (Å²) >= 11 is 0. The lowest BCUT2D eigenvalue weighted by molar-refractivity contribution is 0.557. The molecule has 80 valence electrons. The number of aromatic nitrogens is 6. The lowest BCUT2D eigenvalue weighted by Gasteiger charge is -2.14. The first-order valence-corrected chi connectivity index (χ1v) is 4.76. The Bertz CT molecular complexity index is 404. The van der Waals surface area contributed by atoms with Crippen molar-refractivity contribution in [3.8, 4) is 0 Å². The van der Waals surface area contributed by atoms with Crippen molar-refractivity contribution < 1.29 is 0 Å². The second kappa shape index (κ2) is 4.18. The molecule has 0 amide bonds. The lowest BCUT2D eigenvalue weighted by Crippen LogP contribution is -2.24. The van der Waals surface area contributed by atoms with E-state index in [1.807, 2.05) is 14.0 Å². The molecule has 0 fully saturated rings. The van der Waals surface area contributed by atoms with Crippen LogP contribution < -0.4 is 5.32 Å². The zero-order valence-electron chi connectivity index (χ0n) is 8.68. The number of nitrogens with one attached hydrogen (secondary N) is 2. The summed E-state index contributed by atoms with van der Waals surface area (Å²) in [5.41, 5.74) is 1.80. The second-order valence-electron chi connectivity index (χ2n) is 3.17. The number of hydrogen-bond acceptors (Lipinski definition) is 5. The van der Waals surface area contributed by atoms with Crippen molar-refractivity contribution in [2.75, 3.05) is 6.54 Å². The van der Waals surface area contributed by atoms with Gasteiger partial charge in [-0.05, 0) is 6.54 Å². The number of aromatic amines is 1. The normalized spacial score (nSPS) is 12.9. The Labute approximate surface area is 86.9 Å². The van der Waals surface area contributed by atoms with Crippen LogP contribution in [0.2, 0.25) is 0 Å². The maximum Gasteiger partial charge on any atom is 0.106 e. The van der Waals surface area contributed by atoms with Gasteiger partial charge in [0.05, 0.1) is 24.1 Å². The SMILES string of the molecule is CCNC(c1cn[nH]n1)c1cnnn1C. The van der Waals surface area contributed by atoms with E-state index >= 15 is 0 Å². The summed E-state index contributed by atoms with van der Waals surface area (Å²) < 4.78 is 1.72. The highest BCUT2D eigenvalue weighted by atomic mass is 15.4. The third-order valence-corrected chi connectivity index (χ3v) is 2.18. The Morgan fingerprint density at radius 3 is 2.93 bits per heavy atom. The Hall–Kier alpha value is -1.76. The summed E-state index contributed by atoms with van der Waals surface area (Å²) in [4.78, 5) is 0. The van der Waals surface area contributed by atoms with Crippen LogP contribution in [0.3, 0.4) is 0 Å². The molecule has 0 aliphatic heterocycles. The third kappa shape index (κ3) is 1.86. The molecule has 0 radical (unpaired) electrons. The Kier molecular flexibility index (Phi) is 2.72. The first kappa shape index (κ1) is 9.78. The molecule has 7 nitrogen and oxygen atoms in total. The van der Waals surface area contributed by atoms with Gasteiger partial charge in [0.2, 0.25) is 0 Å². The fourth-order valence-corrected chi connectivity index (χ4v) is 1.47. The third-order valence-electron chi connectivity index (χ3n) is 2.18. The molecule has 2 aromatic heterocycles. The van der Waals surface area contributed by atoms with Gasteiger partial charge in [0.25, 0.3) is 0 Å². The average molecular weight is 207 g/mol. The summed E-state index contributed by atoms with van der Waals surface area (Å²) in [6.45, 7) is 2.87. The minimum Gasteiger partial charge on any atom is -0.304 e. The van der Waals surface area contributed by atoms with E-state index in [0.717, 1.165) is 17.9 Å². The Balaban J connectivity index is 2.32. The Morgan fingerprint density at radius 1 is 1.53 bits per heavy atom. The molecule has 2 N–H and O–H groups in total. The number of aryl methyl sites for hydroxylation is 1. The molecule has 0 aliphatic rings. The molecule has 0 aliphatic carbocycles. The van der Waals surface area contributed by atoms with Gasteiger partial charge >= 0.3 is 0 Å². The first-order chi connectivity index (χ1) is 7.33. The maximum atomic E-state index is 4.06. The van der Waals surface area contributed by atoms with E-state index in [0.29, 0.717) is 0 Å². The molecule has 1 unspecified atom stereocenters. The molecule has 2 aromatic rings. The van der Waals surface area contributed by atoms with Gasteiger partial charge < -0.3 is 5.32 Å². The molecule has 2 rings (SSSR count). The zero-order chi connectivity index (χ0) is 10.7. The molecule has 7 heteroatoms. The maximum absolute atomic E-state index is 4.06. The van der Waals surface area contributed by atoms with Crippen LogP contribution in [-0.4, -0.2) is 36.9 Å². The van der Waals surface area contributed by atoms with Gasteiger partial charge in [0.1, 0.15) is 5.69 Å². The molecule has 0 spiro atoms. The zero-order valence-corrected chi connectivity index (χ0v) is 8.68. The van der Waals surface area contributed by atoms with Crippen LogP contribution in [0.15, 0.2) is 12.4 Å². The quantitative estimate of drug-likeness (QED) is 0.714. The van der Waals surface area contributed by atoms with Crippen LogP contribution in [0.25, 0.3) is 0 Å². The van der Waals surface area contributed by atoms with Crippen LogP contribution in [0.5, 0.6) is 0 Å². The molecule has 15 heavy (non-hydrogen) atoms. The number of hydrogen-bond donors (Lipinski definition) is 2. The van der Waals surface area contributed by atoms with Crippen LogP contribution >= 0.6 is 0 Å². The van der Waals surface area contributed by atoms with E-state index in [1.54, 1.807) is 17.1 Å². The molecule has 1 atom stereocenters. The highest BCUT2D eigenvalue weighted by molar-refractivity contribution is 5.16. The van der Waals surface area contributed by atoms with Crippen molar-refractivity contribution in [2.45, 2.75) is 13.0 Å². The first-order valence-electron chi connectivity index (χ1n) is 4.76. The fourth-order valence-electron chi connectivity index (χ4n) is 1.47. The molecule has 0 bridgehead atoms. The molecule has 0 aromatic carbocycles. The van der Waals surface area contributed by atoms with Crippen molar-refractivity contribution >= 4 is 0 Å². The standard InChI is InChI=1S/C8H13N7/c1-3-9-8(6-4-10-13-12-6)7-5-11-14-15(7)2/h4-5,8-9H,3H2,1-2H3,(H,10,12,13). The summed E-state index contributed by atoms with van der Waals surface area (Å²) in [6.07, 6.45) is 3.42. The largest absolute Gasteiger partial charge is 0.304 e. The van der Waals surface area contributed by atoms with Crippen LogP contribution in [0.4, 0.5) is 0 Å². The van der Waals surface area contributed by atoms with E-state index in [1.165, 1.54) is 0 Å². The fraction of sp³-hybridized carbons (Fsp3) is 0.500. The van der Waals surface area contributed by atoms with E-state index in [2.05, 4.69) is 31.0 Å². The van der Waals surface area contributed by atoms with Crippen molar-refractivity contribution in [1.29, 1.82) is 0 Å². The number of rotatable bonds is 4.